The molecule has 0 spiro atoms. The zero-order chi connectivity index (χ0) is 14.6. The van der Waals surface area contributed by atoms with Crippen molar-refractivity contribution in [2.24, 2.45) is 0 Å². The second kappa shape index (κ2) is 5.94. The molecule has 1 rings (SSSR count). The summed E-state index contributed by atoms with van der Waals surface area (Å²) in [5.74, 6) is -4.52. The molecule has 0 unspecified atom stereocenters. The summed E-state index contributed by atoms with van der Waals surface area (Å²) in [6, 6.07) is -1.46. The van der Waals surface area contributed by atoms with Gasteiger partial charge in [0, 0.05) is 19.8 Å². The van der Waals surface area contributed by atoms with Crippen LogP contribution in [0.2, 0.25) is 0 Å². The third-order valence-corrected chi connectivity index (χ3v) is 2.23. The van der Waals surface area contributed by atoms with E-state index in [-0.39, 0.29) is 12.8 Å². The molecule has 19 heavy (non-hydrogen) atoms. The fraction of sp³-hybridized carbons (Fsp3) is 0.500. The number of amides is 3. The predicted molar refractivity (Wildman–Crippen MR) is 57.0 cm³/mol. The van der Waals surface area contributed by atoms with E-state index in [0.29, 0.717) is 5.06 Å². The zero-order valence-electron chi connectivity index (χ0n) is 10.0. The van der Waals surface area contributed by atoms with Crippen LogP contribution in [0.5, 0.6) is 0 Å². The highest BCUT2D eigenvalue weighted by Gasteiger charge is 2.35. The summed E-state index contributed by atoms with van der Waals surface area (Å²) in [6.07, 6.45) is -0.861. The number of rotatable bonds is 5. The van der Waals surface area contributed by atoms with Crippen molar-refractivity contribution in [3.05, 3.63) is 0 Å². The van der Waals surface area contributed by atoms with Gasteiger partial charge in [0.05, 0.1) is 6.42 Å². The van der Waals surface area contributed by atoms with Gasteiger partial charge in [0.25, 0.3) is 11.8 Å². The third-order valence-electron chi connectivity index (χ3n) is 2.23. The van der Waals surface area contributed by atoms with Crippen molar-refractivity contribution >= 4 is 29.7 Å². The van der Waals surface area contributed by atoms with E-state index in [4.69, 9.17) is 5.11 Å². The van der Waals surface area contributed by atoms with Gasteiger partial charge in [-0.15, -0.1) is 5.06 Å². The number of hydrogen-bond donors (Lipinski definition) is 2. The van der Waals surface area contributed by atoms with E-state index in [2.05, 4.69) is 10.2 Å². The van der Waals surface area contributed by atoms with Crippen LogP contribution in [0.3, 0.4) is 0 Å². The SMILES string of the molecule is CC(=O)N[C@@H](CC(=O)O)C(=O)ON1C(=O)CCC1=O. The Bertz CT molecular complexity index is 413. The Kier molecular flexibility index (Phi) is 4.56. The Balaban J connectivity index is 2.70. The standard InChI is InChI=1S/C10H12N2O7/c1-5(13)11-6(4-9(16)17)10(18)19-12-7(14)2-3-8(12)15/h6H,2-4H2,1H3,(H,11,13)(H,16,17)/t6-/m0/s1. The molecule has 9 heteroatoms. The molecule has 0 aromatic heterocycles. The largest absolute Gasteiger partial charge is 0.481 e. The summed E-state index contributed by atoms with van der Waals surface area (Å²) >= 11 is 0. The lowest BCUT2D eigenvalue weighted by molar-refractivity contribution is -0.199. The van der Waals surface area contributed by atoms with Gasteiger partial charge in [-0.3, -0.25) is 19.2 Å². The molecule has 1 heterocycles. The topological polar surface area (TPSA) is 130 Å². The molecule has 1 aliphatic rings. The van der Waals surface area contributed by atoms with E-state index in [1.807, 2.05) is 0 Å². The van der Waals surface area contributed by atoms with Crippen LogP contribution in [0.25, 0.3) is 0 Å². The smallest absolute Gasteiger partial charge is 0.355 e. The molecular weight excluding hydrogens is 260 g/mol. The van der Waals surface area contributed by atoms with Crippen LogP contribution in [0, 0.1) is 0 Å². The van der Waals surface area contributed by atoms with E-state index < -0.39 is 42.1 Å². The van der Waals surface area contributed by atoms with Gasteiger partial charge < -0.3 is 15.3 Å². The van der Waals surface area contributed by atoms with Gasteiger partial charge in [-0.1, -0.05) is 0 Å². The van der Waals surface area contributed by atoms with Crippen LogP contribution in [-0.2, 0) is 28.8 Å². The minimum absolute atomic E-state index is 0.0736. The van der Waals surface area contributed by atoms with Gasteiger partial charge in [-0.25, -0.2) is 4.79 Å². The van der Waals surface area contributed by atoms with Crippen LogP contribution < -0.4 is 5.32 Å². The quantitative estimate of drug-likeness (QED) is 0.587. The number of carboxylic acids is 1. The number of hydroxylamine groups is 2. The zero-order valence-corrected chi connectivity index (χ0v) is 10.0. The minimum atomic E-state index is -1.46. The Hall–Kier alpha value is -2.45. The molecule has 1 aliphatic heterocycles. The van der Waals surface area contributed by atoms with E-state index in [0.717, 1.165) is 6.92 Å². The number of nitrogens with zero attached hydrogens (tertiary/aromatic N) is 1. The first-order valence-corrected chi connectivity index (χ1v) is 5.37. The number of imide groups is 1. The molecule has 1 fully saturated rings. The first-order valence-electron chi connectivity index (χ1n) is 5.37. The highest BCUT2D eigenvalue weighted by Crippen LogP contribution is 2.13. The van der Waals surface area contributed by atoms with Gasteiger partial charge in [-0.05, 0) is 0 Å². The molecule has 0 aromatic carbocycles. The lowest BCUT2D eigenvalue weighted by Crippen LogP contribution is -2.45. The van der Waals surface area contributed by atoms with E-state index in [1.165, 1.54) is 0 Å². The van der Waals surface area contributed by atoms with Crippen LogP contribution in [0.1, 0.15) is 26.2 Å². The second-order valence-corrected chi connectivity index (χ2v) is 3.84. The van der Waals surface area contributed by atoms with Crippen molar-refractivity contribution < 1.29 is 33.9 Å². The maximum Gasteiger partial charge on any atom is 0.355 e. The van der Waals surface area contributed by atoms with Crippen LogP contribution in [0.4, 0.5) is 0 Å². The molecule has 1 saturated heterocycles. The van der Waals surface area contributed by atoms with Crippen molar-refractivity contribution in [3.8, 4) is 0 Å². The highest BCUT2D eigenvalue weighted by atomic mass is 16.7. The number of carboxylic acid groups (broad SMARTS) is 1. The van der Waals surface area contributed by atoms with Crippen LogP contribution in [0.15, 0.2) is 0 Å². The van der Waals surface area contributed by atoms with Crippen molar-refractivity contribution in [2.45, 2.75) is 32.2 Å². The lowest BCUT2D eigenvalue weighted by Gasteiger charge is -2.18. The summed E-state index contributed by atoms with van der Waals surface area (Å²) < 4.78 is 0. The predicted octanol–water partition coefficient (Wildman–Crippen LogP) is -1.43. The molecule has 0 radical (unpaired) electrons. The number of nitrogens with one attached hydrogen (secondary N) is 1. The van der Waals surface area contributed by atoms with E-state index >= 15 is 0 Å². The summed E-state index contributed by atoms with van der Waals surface area (Å²) in [6.45, 7) is 1.09. The second-order valence-electron chi connectivity index (χ2n) is 3.84. The molecular formula is C10H12N2O7. The minimum Gasteiger partial charge on any atom is -0.481 e. The van der Waals surface area contributed by atoms with Crippen LogP contribution >= 0.6 is 0 Å². The molecule has 0 bridgehead atoms. The van der Waals surface area contributed by atoms with Gasteiger partial charge in [0.2, 0.25) is 5.91 Å². The normalized spacial score (nSPS) is 16.2. The summed E-state index contributed by atoms with van der Waals surface area (Å²) in [7, 11) is 0. The van der Waals surface area contributed by atoms with Crippen molar-refractivity contribution in [1.29, 1.82) is 0 Å². The summed E-state index contributed by atoms with van der Waals surface area (Å²) in [4.78, 5) is 60.0. The molecule has 2 N–H and O–H groups in total. The fourth-order valence-electron chi connectivity index (χ4n) is 1.42. The highest BCUT2D eigenvalue weighted by molar-refractivity contribution is 6.02. The summed E-state index contributed by atoms with van der Waals surface area (Å²) in [5, 5.41) is 11.0. The molecule has 104 valence electrons. The Morgan fingerprint density at radius 2 is 1.84 bits per heavy atom. The van der Waals surface area contributed by atoms with Gasteiger partial charge in [0.1, 0.15) is 6.04 Å². The van der Waals surface area contributed by atoms with Gasteiger partial charge in [-0.2, -0.15) is 0 Å². The molecule has 3 amide bonds. The van der Waals surface area contributed by atoms with E-state index in [1.54, 1.807) is 0 Å². The number of carbonyl (C=O) groups is 5. The Morgan fingerprint density at radius 1 is 1.32 bits per heavy atom. The maximum absolute atomic E-state index is 11.6. The maximum atomic E-state index is 11.6. The molecule has 0 saturated carbocycles. The average Bonchev–Trinajstić information content (AvgIpc) is 2.58. The monoisotopic (exact) mass is 272 g/mol. The first-order chi connectivity index (χ1) is 8.81. The fourth-order valence-corrected chi connectivity index (χ4v) is 1.42. The van der Waals surface area contributed by atoms with Crippen LogP contribution in [-0.4, -0.2) is 45.9 Å². The summed E-state index contributed by atoms with van der Waals surface area (Å²) in [5.41, 5.74) is 0. The van der Waals surface area contributed by atoms with Gasteiger partial charge in [0.15, 0.2) is 0 Å². The number of carbonyl (C=O) groups excluding carboxylic acids is 4. The Morgan fingerprint density at radius 3 is 2.26 bits per heavy atom. The van der Waals surface area contributed by atoms with E-state index in [9.17, 15) is 24.0 Å². The first kappa shape index (κ1) is 14.6. The number of aliphatic carboxylic acids is 1. The molecule has 1 atom stereocenters. The van der Waals surface area contributed by atoms with Crippen molar-refractivity contribution in [2.75, 3.05) is 0 Å². The third kappa shape index (κ3) is 4.05. The Labute approximate surface area is 107 Å². The van der Waals surface area contributed by atoms with Gasteiger partial charge >= 0.3 is 11.9 Å². The van der Waals surface area contributed by atoms with Crippen molar-refractivity contribution in [3.63, 3.8) is 0 Å². The average molecular weight is 272 g/mol. The molecule has 9 nitrogen and oxygen atoms in total. The lowest BCUT2D eigenvalue weighted by atomic mass is 10.2. The van der Waals surface area contributed by atoms with Crippen molar-refractivity contribution in [1.82, 2.24) is 10.4 Å². The molecule has 0 aromatic rings. The molecule has 0 aliphatic carbocycles. The number of hydrogen-bond acceptors (Lipinski definition) is 6.